The highest BCUT2D eigenvalue weighted by Crippen LogP contribution is 2.38. The van der Waals surface area contributed by atoms with Gasteiger partial charge in [0.25, 0.3) is 7.82 Å². The van der Waals surface area contributed by atoms with E-state index in [9.17, 15) is 19.0 Å². The van der Waals surface area contributed by atoms with Gasteiger partial charge < -0.3 is 27.9 Å². The largest absolute Gasteiger partial charge is 0.756 e. The maximum atomic E-state index is 12.9. The summed E-state index contributed by atoms with van der Waals surface area (Å²) in [5, 5.41) is 0. The van der Waals surface area contributed by atoms with E-state index in [0.29, 0.717) is 17.4 Å². The summed E-state index contributed by atoms with van der Waals surface area (Å²) in [7, 11) is 1.15. The van der Waals surface area contributed by atoms with Gasteiger partial charge >= 0.3 is 11.9 Å². The van der Waals surface area contributed by atoms with Gasteiger partial charge in [-0.1, -0.05) is 344 Å². The first-order valence-electron chi connectivity index (χ1n) is 39.5. The average molecular weight is 1380 g/mol. The maximum Gasteiger partial charge on any atom is 0.306 e. The van der Waals surface area contributed by atoms with Crippen molar-refractivity contribution in [3.63, 3.8) is 0 Å². The molecule has 9 nitrogen and oxygen atoms in total. The highest BCUT2D eigenvalue weighted by Gasteiger charge is 2.22. The lowest BCUT2D eigenvalue weighted by molar-refractivity contribution is -0.870. The summed E-state index contributed by atoms with van der Waals surface area (Å²) in [6.45, 7) is 4.01. The second kappa shape index (κ2) is 76.3. The van der Waals surface area contributed by atoms with Crippen LogP contribution in [0.4, 0.5) is 0 Å². The lowest BCUT2D eigenvalue weighted by Crippen LogP contribution is -2.37. The molecule has 556 valence electrons. The van der Waals surface area contributed by atoms with E-state index in [1.807, 2.05) is 21.1 Å². The van der Waals surface area contributed by atoms with Gasteiger partial charge in [0, 0.05) is 12.8 Å². The van der Waals surface area contributed by atoms with Crippen molar-refractivity contribution in [2.24, 2.45) is 0 Å². The number of allylic oxidation sites excluding steroid dienone is 30. The number of phosphoric acid groups is 1. The van der Waals surface area contributed by atoms with Crippen molar-refractivity contribution in [2.45, 2.75) is 315 Å². The van der Waals surface area contributed by atoms with Crippen LogP contribution in [-0.2, 0) is 32.7 Å². The van der Waals surface area contributed by atoms with Crippen LogP contribution in [0.5, 0.6) is 0 Å². The number of carbonyl (C=O) groups excluding carboxylic acids is 2. The second-order valence-electron chi connectivity index (χ2n) is 27.0. The number of ether oxygens (including phenoxy) is 2. The molecule has 0 amide bonds. The highest BCUT2D eigenvalue weighted by atomic mass is 31.2. The van der Waals surface area contributed by atoms with Crippen molar-refractivity contribution in [2.75, 3.05) is 47.5 Å². The molecule has 0 saturated heterocycles. The third-order valence-corrected chi connectivity index (χ3v) is 17.4. The molecule has 98 heavy (non-hydrogen) atoms. The summed E-state index contributed by atoms with van der Waals surface area (Å²) in [6, 6.07) is 0. The van der Waals surface area contributed by atoms with E-state index < -0.39 is 26.5 Å². The molecular formula is C88H146NO8P. The van der Waals surface area contributed by atoms with Crippen LogP contribution in [0.1, 0.15) is 309 Å². The standard InChI is InChI=1S/C88H146NO8P/c1-6-8-10-12-14-16-18-20-22-24-26-28-30-32-34-36-38-40-41-42-43-44-45-46-47-49-51-53-55-57-59-61-63-65-67-69-71-73-75-77-79-81-88(91)97-86(85-96-98(92,93)95-83-82-89(3,4)5)84-94-87(90)80-78-76-74-72-70-68-66-64-62-60-58-56-54-52-50-48-39-37-35-33-31-29-27-25-23-21-19-17-15-13-11-9-7-2/h8-11,14-17,20-23,26-29,32,34,38,40,42-43,45-46,49,51,55,57,61,63,86H,6-7,12-13,18-19,24-25,30-31,33,35-37,39,41,44,47-48,50,52-54,56,58-60,62,64-85H2,1-5H3/b10-8-,11-9-,16-14-,17-15-,22-20-,23-21-,28-26-,29-27-,34-32-,40-38-,43-42-,46-45-,51-49-,57-55-,63-61-. The first kappa shape index (κ1) is 93.1. The molecule has 10 heteroatoms. The van der Waals surface area contributed by atoms with Gasteiger partial charge in [-0.05, 0) is 135 Å². The minimum atomic E-state index is -4.66. The molecule has 0 aliphatic rings. The molecule has 0 fully saturated rings. The molecule has 0 aliphatic heterocycles. The summed E-state index contributed by atoms with van der Waals surface area (Å²) >= 11 is 0. The number of hydrogen-bond acceptors (Lipinski definition) is 8. The van der Waals surface area contributed by atoms with Crippen molar-refractivity contribution in [3.8, 4) is 0 Å². The molecule has 0 radical (unpaired) electrons. The highest BCUT2D eigenvalue weighted by molar-refractivity contribution is 7.45. The Morgan fingerprint density at radius 2 is 0.551 bits per heavy atom. The summed E-state index contributed by atoms with van der Waals surface area (Å²) in [4.78, 5) is 38.2. The Balaban J connectivity index is 4.07. The molecule has 2 atom stereocenters. The Hall–Kier alpha value is -4.89. The average Bonchev–Trinajstić information content (AvgIpc) is 1.08. The fourth-order valence-corrected chi connectivity index (χ4v) is 11.2. The number of hydrogen-bond donors (Lipinski definition) is 0. The van der Waals surface area contributed by atoms with Gasteiger partial charge in [0.05, 0.1) is 27.7 Å². The van der Waals surface area contributed by atoms with Gasteiger partial charge in [0.2, 0.25) is 0 Å². The first-order chi connectivity index (χ1) is 48.0. The Labute approximate surface area is 603 Å². The van der Waals surface area contributed by atoms with E-state index in [0.717, 1.165) is 148 Å². The van der Waals surface area contributed by atoms with Gasteiger partial charge in [0.1, 0.15) is 19.8 Å². The summed E-state index contributed by atoms with van der Waals surface area (Å²) in [5.74, 6) is -0.847. The van der Waals surface area contributed by atoms with Crippen LogP contribution in [0.3, 0.4) is 0 Å². The molecule has 0 aliphatic carbocycles. The molecule has 0 saturated carbocycles. The fraction of sp³-hybridized carbons (Fsp3) is 0.636. The predicted octanol–water partition coefficient (Wildman–Crippen LogP) is 26.0. The third-order valence-electron chi connectivity index (χ3n) is 16.4. The zero-order chi connectivity index (χ0) is 71.1. The molecule has 0 bridgehead atoms. The van der Waals surface area contributed by atoms with Crippen LogP contribution in [0.25, 0.3) is 0 Å². The monoisotopic (exact) mass is 1380 g/mol. The molecular weight excluding hydrogens is 1230 g/mol. The van der Waals surface area contributed by atoms with E-state index in [1.165, 1.54) is 128 Å². The van der Waals surface area contributed by atoms with E-state index in [-0.39, 0.29) is 32.0 Å². The summed E-state index contributed by atoms with van der Waals surface area (Å²) < 4.78 is 34.4. The number of likely N-dealkylation sites (N-methyl/N-ethyl adjacent to an activating group) is 1. The number of quaternary nitrogens is 1. The lowest BCUT2D eigenvalue weighted by Gasteiger charge is -2.28. The second-order valence-corrected chi connectivity index (χ2v) is 28.4. The van der Waals surface area contributed by atoms with Crippen LogP contribution in [-0.4, -0.2) is 70.0 Å². The van der Waals surface area contributed by atoms with Crippen LogP contribution in [0.2, 0.25) is 0 Å². The zero-order valence-electron chi connectivity index (χ0n) is 63.4. The van der Waals surface area contributed by atoms with Crippen LogP contribution < -0.4 is 4.89 Å². The molecule has 0 aromatic heterocycles. The Bertz CT molecular complexity index is 2320. The molecule has 0 aromatic rings. The van der Waals surface area contributed by atoms with Gasteiger partial charge in [-0.2, -0.15) is 0 Å². The number of carbonyl (C=O) groups is 2. The van der Waals surface area contributed by atoms with Crippen molar-refractivity contribution < 1.29 is 42.1 Å². The summed E-state index contributed by atoms with van der Waals surface area (Å²) in [6.07, 6.45) is 117. The SMILES string of the molecule is CC/C=C\C/C=C\C/C=C\C/C=C\C/C=C\C/C=C\C/C=C\C/C=C\C/C=C\C/C=C\C/C=C\CCCCCCCCCC(=O)OC(COC(=O)CCCCCCCCCCCCCCCCCCCCCC/C=C\C/C=C\C/C=C\C/C=C\CC)COP(=O)([O-])OCC[N+](C)(C)C. The third kappa shape index (κ3) is 80.1. The molecule has 0 N–H and O–H groups in total. The van der Waals surface area contributed by atoms with Crippen LogP contribution >= 0.6 is 7.82 Å². The first-order valence-corrected chi connectivity index (χ1v) is 41.0. The minimum Gasteiger partial charge on any atom is -0.756 e. The minimum absolute atomic E-state index is 0.0404. The fourth-order valence-electron chi connectivity index (χ4n) is 10.5. The number of esters is 2. The Morgan fingerprint density at radius 1 is 0.316 bits per heavy atom. The molecule has 0 spiro atoms. The molecule has 2 unspecified atom stereocenters. The smallest absolute Gasteiger partial charge is 0.306 e. The molecule has 0 aromatic carbocycles. The van der Waals surface area contributed by atoms with Gasteiger partial charge in [-0.3, -0.25) is 14.2 Å². The number of unbranched alkanes of at least 4 members (excludes halogenated alkanes) is 27. The van der Waals surface area contributed by atoms with E-state index in [2.05, 4.69) is 196 Å². The number of phosphoric ester groups is 1. The topological polar surface area (TPSA) is 111 Å². The number of nitrogens with zero attached hydrogens (tertiary/aromatic N) is 1. The van der Waals surface area contributed by atoms with Crippen molar-refractivity contribution in [1.82, 2.24) is 0 Å². The predicted molar refractivity (Wildman–Crippen MR) is 424 cm³/mol. The van der Waals surface area contributed by atoms with Crippen molar-refractivity contribution >= 4 is 19.8 Å². The van der Waals surface area contributed by atoms with Crippen LogP contribution in [0.15, 0.2) is 182 Å². The van der Waals surface area contributed by atoms with Gasteiger partial charge in [-0.25, -0.2) is 0 Å². The lowest BCUT2D eigenvalue weighted by atomic mass is 10.0. The summed E-state index contributed by atoms with van der Waals surface area (Å²) in [5.41, 5.74) is 0. The van der Waals surface area contributed by atoms with Crippen molar-refractivity contribution in [3.05, 3.63) is 182 Å². The van der Waals surface area contributed by atoms with E-state index >= 15 is 0 Å². The number of rotatable bonds is 71. The van der Waals surface area contributed by atoms with Crippen LogP contribution in [0, 0.1) is 0 Å². The molecule has 0 rings (SSSR count). The normalized spacial score (nSPS) is 14.1. The van der Waals surface area contributed by atoms with E-state index in [4.69, 9.17) is 18.5 Å². The van der Waals surface area contributed by atoms with Crippen molar-refractivity contribution in [1.29, 1.82) is 0 Å². The Morgan fingerprint density at radius 3 is 0.816 bits per heavy atom. The molecule has 0 heterocycles. The van der Waals surface area contributed by atoms with E-state index in [1.54, 1.807) is 0 Å². The quantitative estimate of drug-likeness (QED) is 0.0195. The Kier molecular flexibility index (Phi) is 72.5. The zero-order valence-corrected chi connectivity index (χ0v) is 64.3. The van der Waals surface area contributed by atoms with Gasteiger partial charge in [0.15, 0.2) is 6.10 Å². The maximum absolute atomic E-state index is 12.9. The van der Waals surface area contributed by atoms with Gasteiger partial charge in [-0.15, -0.1) is 0 Å².